The zero-order chi connectivity index (χ0) is 26.0. The Morgan fingerprint density at radius 1 is 0.829 bits per heavy atom. The first-order chi connectivity index (χ1) is 16.2. The quantitative estimate of drug-likeness (QED) is 0.175. The van der Waals surface area contributed by atoms with Crippen LogP contribution in [0.4, 0.5) is 17.6 Å². The molecule has 0 saturated carbocycles. The topological polar surface area (TPSA) is 121 Å². The number of esters is 1. The average Bonchev–Trinajstić information content (AvgIpc) is 2.79. The van der Waals surface area contributed by atoms with Crippen LogP contribution in [0.1, 0.15) is 33.0 Å². The van der Waals surface area contributed by atoms with Gasteiger partial charge >= 0.3 is 27.3 Å². The number of carbonyl (C=O) groups is 1. The predicted molar refractivity (Wildman–Crippen MR) is 115 cm³/mol. The number of carbonyl (C=O) groups excluding carboxylic acids is 1. The predicted octanol–water partition coefficient (Wildman–Crippen LogP) is 4.55. The van der Waals surface area contributed by atoms with E-state index in [-0.39, 0.29) is 22.6 Å². The lowest BCUT2D eigenvalue weighted by Crippen LogP contribution is -2.50. The van der Waals surface area contributed by atoms with Crippen molar-refractivity contribution in [3.05, 3.63) is 95.1 Å². The van der Waals surface area contributed by atoms with Gasteiger partial charge in [0.25, 0.3) is 0 Å². The number of aromatic hydroxyl groups is 2. The summed E-state index contributed by atoms with van der Waals surface area (Å²) in [5.41, 5.74) is 0.998. The molecule has 12 heteroatoms. The van der Waals surface area contributed by atoms with Crippen LogP contribution in [0, 0.1) is 0 Å². The summed E-state index contributed by atoms with van der Waals surface area (Å²) in [5.74, 6) is -7.71. The fraction of sp³-hybridized carbons (Fsp3) is 0.174. The number of ether oxygens (including phenoxy) is 1. The maximum atomic E-state index is 13.8. The van der Waals surface area contributed by atoms with E-state index in [9.17, 15) is 41.0 Å². The van der Waals surface area contributed by atoms with Crippen molar-refractivity contribution in [2.75, 3.05) is 6.61 Å². The highest BCUT2D eigenvalue weighted by atomic mass is 32.2. The first kappa shape index (κ1) is 26.0. The SMILES string of the molecule is O=C(OCC(F)(F)C(F)(F)S(=O)(=O)O)c1ccccc1C(c1ccc(O)cc1)c1ccc(O)cc1. The van der Waals surface area contributed by atoms with Crippen LogP contribution in [0.15, 0.2) is 72.8 Å². The number of hydrogen-bond donors (Lipinski definition) is 3. The zero-order valence-electron chi connectivity index (χ0n) is 17.6. The maximum absolute atomic E-state index is 13.8. The first-order valence-corrected chi connectivity index (χ1v) is 11.2. The Hall–Kier alpha value is -3.64. The van der Waals surface area contributed by atoms with E-state index in [1.54, 1.807) is 0 Å². The molecule has 0 atom stereocenters. The van der Waals surface area contributed by atoms with Gasteiger partial charge in [0, 0.05) is 5.92 Å². The Labute approximate surface area is 197 Å². The molecule has 3 rings (SSSR count). The lowest BCUT2D eigenvalue weighted by Gasteiger charge is -2.24. The smallest absolute Gasteiger partial charge is 0.435 e. The van der Waals surface area contributed by atoms with Crippen molar-refractivity contribution in [2.24, 2.45) is 0 Å². The van der Waals surface area contributed by atoms with Gasteiger partial charge < -0.3 is 14.9 Å². The lowest BCUT2D eigenvalue weighted by atomic mass is 9.83. The van der Waals surface area contributed by atoms with Crippen molar-refractivity contribution >= 4 is 16.1 Å². The van der Waals surface area contributed by atoms with E-state index in [1.807, 2.05) is 0 Å². The molecule has 7 nitrogen and oxygen atoms in total. The Bertz CT molecular complexity index is 1260. The number of hydrogen-bond acceptors (Lipinski definition) is 6. The van der Waals surface area contributed by atoms with Gasteiger partial charge in [-0.2, -0.15) is 26.0 Å². The van der Waals surface area contributed by atoms with Gasteiger partial charge in [0.15, 0.2) is 6.61 Å². The molecule has 35 heavy (non-hydrogen) atoms. The second-order valence-corrected chi connectivity index (χ2v) is 8.94. The lowest BCUT2D eigenvalue weighted by molar-refractivity contribution is -0.182. The van der Waals surface area contributed by atoms with E-state index >= 15 is 0 Å². The highest BCUT2D eigenvalue weighted by molar-refractivity contribution is 7.87. The molecular formula is C23H18F4O7S. The molecule has 0 heterocycles. The highest BCUT2D eigenvalue weighted by Crippen LogP contribution is 2.39. The van der Waals surface area contributed by atoms with E-state index < -0.39 is 39.8 Å². The molecule has 0 radical (unpaired) electrons. The molecule has 0 aromatic heterocycles. The van der Waals surface area contributed by atoms with E-state index in [2.05, 4.69) is 4.74 Å². The molecular weight excluding hydrogens is 496 g/mol. The van der Waals surface area contributed by atoms with Crippen molar-refractivity contribution in [3.8, 4) is 11.5 Å². The number of rotatable bonds is 8. The number of benzene rings is 3. The van der Waals surface area contributed by atoms with Gasteiger partial charge in [0.2, 0.25) is 0 Å². The molecule has 0 aliphatic carbocycles. The second kappa shape index (κ2) is 9.55. The number of phenolic OH excluding ortho intramolecular Hbond substituents is 2. The molecule has 0 fully saturated rings. The average molecular weight is 514 g/mol. The van der Waals surface area contributed by atoms with E-state index in [1.165, 1.54) is 72.8 Å². The fourth-order valence-corrected chi connectivity index (χ4v) is 3.76. The second-order valence-electron chi connectivity index (χ2n) is 7.48. The molecule has 186 valence electrons. The molecule has 3 aromatic carbocycles. The Morgan fingerprint density at radius 2 is 1.29 bits per heavy atom. The summed E-state index contributed by atoms with van der Waals surface area (Å²) in [5, 5.41) is 13.4. The first-order valence-electron chi connectivity index (χ1n) is 9.81. The molecule has 3 aromatic rings. The third-order valence-electron chi connectivity index (χ3n) is 5.08. The third-order valence-corrected chi connectivity index (χ3v) is 6.03. The van der Waals surface area contributed by atoms with E-state index in [0.29, 0.717) is 11.1 Å². The van der Waals surface area contributed by atoms with Crippen LogP contribution >= 0.6 is 0 Å². The van der Waals surface area contributed by atoms with Gasteiger partial charge in [-0.3, -0.25) is 4.55 Å². The minimum absolute atomic E-state index is 0.0482. The zero-order valence-corrected chi connectivity index (χ0v) is 18.4. The van der Waals surface area contributed by atoms with Crippen molar-refractivity contribution in [3.63, 3.8) is 0 Å². The van der Waals surface area contributed by atoms with E-state index in [0.717, 1.165) is 0 Å². The van der Waals surface area contributed by atoms with Gasteiger partial charge in [-0.1, -0.05) is 42.5 Å². The molecule has 0 unspecified atom stereocenters. The molecule has 3 N–H and O–H groups in total. The normalized spacial score (nSPS) is 12.5. The summed E-state index contributed by atoms with van der Waals surface area (Å²) < 4.78 is 88.7. The van der Waals surface area contributed by atoms with Gasteiger partial charge in [0.05, 0.1) is 5.56 Å². The van der Waals surface area contributed by atoms with Gasteiger partial charge in [-0.15, -0.1) is 0 Å². The standard InChI is InChI=1S/C23H18F4O7S/c24-22(25,23(26,27)35(31,32)33)13-34-21(30)19-4-2-1-3-18(19)20(14-5-9-16(28)10-6-14)15-7-11-17(29)12-8-15/h1-12,20,28-29H,13H2,(H,31,32,33). The minimum atomic E-state index is -6.49. The Kier molecular flexibility index (Phi) is 7.08. The van der Waals surface area contributed by atoms with Gasteiger partial charge in [-0.25, -0.2) is 4.79 Å². The fourth-order valence-electron chi connectivity index (χ4n) is 3.33. The number of phenols is 2. The minimum Gasteiger partial charge on any atom is -0.508 e. The molecule has 0 spiro atoms. The van der Waals surface area contributed by atoms with Crippen LogP contribution in [-0.2, 0) is 14.9 Å². The van der Waals surface area contributed by atoms with Crippen LogP contribution in [0.25, 0.3) is 0 Å². The van der Waals surface area contributed by atoms with Crippen molar-refractivity contribution < 1.29 is 50.3 Å². The third kappa shape index (κ3) is 5.38. The van der Waals surface area contributed by atoms with Crippen LogP contribution in [-0.4, -0.2) is 46.9 Å². The van der Waals surface area contributed by atoms with Crippen LogP contribution in [0.2, 0.25) is 0 Å². The Morgan fingerprint density at radius 3 is 1.74 bits per heavy atom. The summed E-state index contributed by atoms with van der Waals surface area (Å²) in [6.07, 6.45) is 0. The summed E-state index contributed by atoms with van der Waals surface area (Å²) in [7, 11) is -6.49. The molecule has 0 aliphatic rings. The summed E-state index contributed by atoms with van der Waals surface area (Å²) >= 11 is 0. The van der Waals surface area contributed by atoms with Crippen molar-refractivity contribution in [2.45, 2.75) is 17.1 Å². The summed E-state index contributed by atoms with van der Waals surface area (Å²) in [6.45, 7) is -2.32. The molecule has 0 amide bonds. The number of alkyl halides is 4. The summed E-state index contributed by atoms with van der Waals surface area (Å²) in [6, 6.07) is 17.2. The van der Waals surface area contributed by atoms with Crippen molar-refractivity contribution in [1.82, 2.24) is 0 Å². The maximum Gasteiger partial charge on any atom is 0.435 e. The monoisotopic (exact) mass is 514 g/mol. The van der Waals surface area contributed by atoms with E-state index in [4.69, 9.17) is 4.55 Å². The van der Waals surface area contributed by atoms with Gasteiger partial charge in [-0.05, 0) is 47.0 Å². The number of halogens is 4. The highest BCUT2D eigenvalue weighted by Gasteiger charge is 2.66. The van der Waals surface area contributed by atoms with Gasteiger partial charge in [0.1, 0.15) is 11.5 Å². The largest absolute Gasteiger partial charge is 0.508 e. The Balaban J connectivity index is 2.01. The van der Waals surface area contributed by atoms with Crippen LogP contribution in [0.5, 0.6) is 11.5 Å². The van der Waals surface area contributed by atoms with Crippen LogP contribution < -0.4 is 0 Å². The van der Waals surface area contributed by atoms with Crippen molar-refractivity contribution in [1.29, 1.82) is 0 Å². The summed E-state index contributed by atoms with van der Waals surface area (Å²) in [4.78, 5) is 12.7. The van der Waals surface area contributed by atoms with Crippen LogP contribution in [0.3, 0.4) is 0 Å². The molecule has 0 bridgehead atoms. The molecule has 0 saturated heterocycles. The molecule has 0 aliphatic heterocycles.